The van der Waals surface area contributed by atoms with Gasteiger partial charge in [-0.1, -0.05) is 18.2 Å². The summed E-state index contributed by atoms with van der Waals surface area (Å²) in [6, 6.07) is 11.2. The van der Waals surface area contributed by atoms with Gasteiger partial charge in [-0.15, -0.1) is 0 Å². The summed E-state index contributed by atoms with van der Waals surface area (Å²) in [6.07, 6.45) is 1.64. The maximum Gasteiger partial charge on any atom is 0.267 e. The Balaban J connectivity index is 2.24. The predicted molar refractivity (Wildman–Crippen MR) is 76.7 cm³/mol. The Kier molecular flexibility index (Phi) is 2.12. The van der Waals surface area contributed by atoms with Gasteiger partial charge in [0.25, 0.3) is 5.56 Å². The number of hydrogen-bond acceptors (Lipinski definition) is 4. The molecule has 2 aromatic heterocycles. The van der Waals surface area contributed by atoms with Gasteiger partial charge in [-0.3, -0.25) is 14.4 Å². The zero-order valence-corrected chi connectivity index (χ0v) is 10.7. The first-order valence-corrected chi connectivity index (χ1v) is 6.26. The average Bonchev–Trinajstić information content (AvgIpc) is 2.81. The zero-order valence-electron chi connectivity index (χ0n) is 10.7. The Labute approximate surface area is 114 Å². The van der Waals surface area contributed by atoms with Gasteiger partial charge in [0.05, 0.1) is 11.1 Å². The molecule has 0 spiro atoms. The van der Waals surface area contributed by atoms with Crippen LogP contribution in [0.5, 0.6) is 0 Å². The Bertz CT molecular complexity index is 940. The van der Waals surface area contributed by atoms with E-state index in [0.29, 0.717) is 16.9 Å². The monoisotopic (exact) mass is 262 g/mol. The van der Waals surface area contributed by atoms with Gasteiger partial charge in [0, 0.05) is 18.8 Å². The van der Waals surface area contributed by atoms with E-state index < -0.39 is 0 Å². The molecule has 0 fully saturated rings. The Morgan fingerprint density at radius 1 is 1.15 bits per heavy atom. The van der Waals surface area contributed by atoms with Crippen LogP contribution in [0.2, 0.25) is 0 Å². The lowest BCUT2D eigenvalue weighted by Crippen LogP contribution is -2.22. The van der Waals surface area contributed by atoms with E-state index in [1.165, 1.54) is 0 Å². The molecule has 0 bridgehead atoms. The van der Waals surface area contributed by atoms with Crippen LogP contribution in [-0.4, -0.2) is 27.3 Å². The molecule has 1 aliphatic heterocycles. The molecule has 5 heteroatoms. The summed E-state index contributed by atoms with van der Waals surface area (Å²) in [5, 5.41) is 0.517. The molecule has 4 rings (SSSR count). The van der Waals surface area contributed by atoms with E-state index in [4.69, 9.17) is 0 Å². The van der Waals surface area contributed by atoms with Gasteiger partial charge in [0.2, 0.25) is 0 Å². The fourth-order valence-electron chi connectivity index (χ4n) is 2.61. The maximum absolute atomic E-state index is 12.7. The van der Waals surface area contributed by atoms with Crippen LogP contribution in [0.1, 0.15) is 11.4 Å². The lowest BCUT2D eigenvalue weighted by atomic mass is 10.1. The Morgan fingerprint density at radius 3 is 2.85 bits per heavy atom. The number of benzene rings is 1. The molecule has 3 heterocycles. The van der Waals surface area contributed by atoms with Crippen LogP contribution >= 0.6 is 0 Å². The number of fused-ring (bicyclic) bond motifs is 4. The van der Waals surface area contributed by atoms with Crippen LogP contribution in [0.25, 0.3) is 16.7 Å². The summed E-state index contributed by atoms with van der Waals surface area (Å²) in [7, 11) is 1.70. The molecule has 1 aliphatic rings. The number of rotatable bonds is 0. The largest absolute Gasteiger partial charge is 0.284 e. The van der Waals surface area contributed by atoms with Crippen LogP contribution in [0.15, 0.2) is 52.4 Å². The van der Waals surface area contributed by atoms with Crippen molar-refractivity contribution in [3.05, 3.63) is 64.3 Å². The second-order valence-electron chi connectivity index (χ2n) is 4.54. The number of aliphatic imine (C=N–C) groups is 1. The third kappa shape index (κ3) is 1.26. The molecule has 20 heavy (non-hydrogen) atoms. The molecule has 5 nitrogen and oxygen atoms in total. The minimum Gasteiger partial charge on any atom is -0.284 e. The van der Waals surface area contributed by atoms with E-state index in [1.54, 1.807) is 29.9 Å². The molecule has 96 valence electrons. The lowest BCUT2D eigenvalue weighted by Gasteiger charge is -2.04. The zero-order chi connectivity index (χ0) is 13.7. The van der Waals surface area contributed by atoms with Crippen molar-refractivity contribution in [1.82, 2.24) is 14.5 Å². The smallest absolute Gasteiger partial charge is 0.267 e. The molecular weight excluding hydrogens is 252 g/mol. The fourth-order valence-corrected chi connectivity index (χ4v) is 2.61. The normalized spacial score (nSPS) is 14.6. The molecular formula is C15H10N4O. The quantitative estimate of drug-likeness (QED) is 0.483. The van der Waals surface area contributed by atoms with Crippen LogP contribution < -0.4 is 5.56 Å². The maximum atomic E-state index is 12.7. The van der Waals surface area contributed by atoms with Gasteiger partial charge < -0.3 is 0 Å². The van der Waals surface area contributed by atoms with E-state index in [1.807, 2.05) is 24.3 Å². The first-order valence-electron chi connectivity index (χ1n) is 6.26. The number of pyridine rings is 1. The molecule has 1 aromatic carbocycles. The van der Waals surface area contributed by atoms with Gasteiger partial charge >= 0.3 is 0 Å². The highest BCUT2D eigenvalue weighted by molar-refractivity contribution is 6.16. The number of aromatic nitrogens is 3. The summed E-state index contributed by atoms with van der Waals surface area (Å²) in [5.41, 5.74) is 2.83. The summed E-state index contributed by atoms with van der Waals surface area (Å²) >= 11 is 0. The summed E-state index contributed by atoms with van der Waals surface area (Å²) in [5.74, 6) is 0.560. The van der Waals surface area contributed by atoms with Crippen molar-refractivity contribution < 1.29 is 0 Å². The van der Waals surface area contributed by atoms with Crippen molar-refractivity contribution in [2.24, 2.45) is 4.99 Å². The van der Waals surface area contributed by atoms with Crippen LogP contribution in [-0.2, 0) is 0 Å². The van der Waals surface area contributed by atoms with E-state index in [9.17, 15) is 4.79 Å². The fraction of sp³-hybridized carbons (Fsp3) is 0.0667. The van der Waals surface area contributed by atoms with Crippen LogP contribution in [0.4, 0.5) is 0 Å². The third-order valence-electron chi connectivity index (χ3n) is 3.48. The summed E-state index contributed by atoms with van der Waals surface area (Å²) < 4.78 is 1.61. The lowest BCUT2D eigenvalue weighted by molar-refractivity contribution is 0.959. The van der Waals surface area contributed by atoms with E-state index >= 15 is 0 Å². The highest BCUT2D eigenvalue weighted by Gasteiger charge is 2.27. The van der Waals surface area contributed by atoms with E-state index in [-0.39, 0.29) is 5.56 Å². The topological polar surface area (TPSA) is 60.1 Å². The third-order valence-corrected chi connectivity index (χ3v) is 3.48. The Morgan fingerprint density at radius 2 is 2.00 bits per heavy atom. The number of hydrogen-bond donors (Lipinski definition) is 0. The molecule has 0 atom stereocenters. The minimum absolute atomic E-state index is 0.107. The molecule has 0 radical (unpaired) electrons. The minimum atomic E-state index is -0.107. The van der Waals surface area contributed by atoms with Gasteiger partial charge in [-0.05, 0) is 18.2 Å². The summed E-state index contributed by atoms with van der Waals surface area (Å²) in [6.45, 7) is 0. The standard InChI is InChI=1S/C15H10N4O/c1-16-12-9-5-2-3-7-11(9)19-14(12)18-13-10(15(19)20)6-4-8-17-13/h2-8H,1H3. The van der Waals surface area contributed by atoms with Gasteiger partial charge in [0.15, 0.2) is 11.5 Å². The van der Waals surface area contributed by atoms with Crippen LogP contribution in [0.3, 0.4) is 0 Å². The second kappa shape index (κ2) is 3.84. The second-order valence-corrected chi connectivity index (χ2v) is 4.54. The highest BCUT2D eigenvalue weighted by atomic mass is 16.1. The molecule has 0 saturated heterocycles. The summed E-state index contributed by atoms with van der Waals surface area (Å²) in [4.78, 5) is 25.6. The average molecular weight is 262 g/mol. The van der Waals surface area contributed by atoms with E-state index in [0.717, 1.165) is 17.0 Å². The van der Waals surface area contributed by atoms with Crippen molar-refractivity contribution in [2.45, 2.75) is 0 Å². The first kappa shape index (κ1) is 11.0. The molecule has 0 aliphatic carbocycles. The molecule has 3 aromatic rings. The van der Waals surface area contributed by atoms with E-state index in [2.05, 4.69) is 15.0 Å². The van der Waals surface area contributed by atoms with Crippen molar-refractivity contribution >= 4 is 16.7 Å². The molecule has 0 unspecified atom stereocenters. The molecule has 0 N–H and O–H groups in total. The first-order chi connectivity index (χ1) is 9.81. The van der Waals surface area contributed by atoms with Crippen molar-refractivity contribution in [3.8, 4) is 5.69 Å². The van der Waals surface area contributed by atoms with Crippen molar-refractivity contribution in [1.29, 1.82) is 0 Å². The van der Waals surface area contributed by atoms with Gasteiger partial charge in [0.1, 0.15) is 5.71 Å². The van der Waals surface area contributed by atoms with Gasteiger partial charge in [-0.2, -0.15) is 0 Å². The SMILES string of the molecule is CN=C1c2ccccc2-n2c1nc1ncccc1c2=O. The van der Waals surface area contributed by atoms with Crippen molar-refractivity contribution in [3.63, 3.8) is 0 Å². The number of para-hydroxylation sites is 1. The van der Waals surface area contributed by atoms with Gasteiger partial charge in [-0.25, -0.2) is 9.97 Å². The van der Waals surface area contributed by atoms with Crippen LogP contribution in [0, 0.1) is 0 Å². The predicted octanol–water partition coefficient (Wildman–Crippen LogP) is 1.56. The number of nitrogens with zero attached hydrogens (tertiary/aromatic N) is 4. The molecule has 0 amide bonds. The molecule has 0 saturated carbocycles. The van der Waals surface area contributed by atoms with Crippen molar-refractivity contribution in [2.75, 3.05) is 7.05 Å². The Hall–Kier alpha value is -2.82. The highest BCUT2D eigenvalue weighted by Crippen LogP contribution is 2.25.